The Bertz CT molecular complexity index is 239. The maximum absolute atomic E-state index is 10.4. The van der Waals surface area contributed by atoms with Gasteiger partial charge in [0.2, 0.25) is 0 Å². The minimum Gasteiger partial charge on any atom is -0.399 e. The van der Waals surface area contributed by atoms with E-state index in [0.717, 1.165) is 0 Å². The molecule has 0 saturated heterocycles. The van der Waals surface area contributed by atoms with Crippen LogP contribution in [0.15, 0.2) is 10.3 Å². The highest BCUT2D eigenvalue weighted by molar-refractivity contribution is 6.31. The first-order valence-corrected chi connectivity index (χ1v) is 3.63. The first-order valence-electron chi connectivity index (χ1n) is 3.63. The van der Waals surface area contributed by atoms with Gasteiger partial charge in [-0.1, -0.05) is 5.16 Å². The fraction of sp³-hybridized carbons (Fsp3) is 0.500. The summed E-state index contributed by atoms with van der Waals surface area (Å²) in [4.78, 5) is 14.8. The second-order valence-corrected chi connectivity index (χ2v) is 2.40. The molecule has 13 heavy (non-hydrogen) atoms. The number of nitrogens with zero attached hydrogens (tertiary/aromatic N) is 3. The summed E-state index contributed by atoms with van der Waals surface area (Å²) in [6, 6.07) is 0. The van der Waals surface area contributed by atoms with Crippen LogP contribution in [0.2, 0.25) is 0 Å². The molecule has 1 rings (SSSR count). The Kier molecular flexibility index (Phi) is 3.35. The van der Waals surface area contributed by atoms with Crippen LogP contribution in [-0.4, -0.2) is 43.0 Å². The van der Waals surface area contributed by atoms with E-state index in [1.165, 1.54) is 18.3 Å². The van der Waals surface area contributed by atoms with E-state index in [1.807, 2.05) is 0 Å². The van der Waals surface area contributed by atoms with Crippen LogP contribution in [0, 0.1) is 0 Å². The Morgan fingerprint density at radius 3 is 3.23 bits per heavy atom. The van der Waals surface area contributed by atoms with E-state index in [9.17, 15) is 4.79 Å². The molecule has 1 heterocycles. The summed E-state index contributed by atoms with van der Waals surface area (Å²) in [5.74, 6) is 5.51. The highest BCUT2D eigenvalue weighted by atomic mass is 16.6. The molecule has 1 unspecified atom stereocenters. The van der Waals surface area contributed by atoms with Crippen molar-refractivity contribution in [1.82, 2.24) is 10.4 Å². The van der Waals surface area contributed by atoms with Crippen molar-refractivity contribution in [3.05, 3.63) is 0 Å². The van der Waals surface area contributed by atoms with Crippen molar-refractivity contribution in [2.24, 2.45) is 16.1 Å². The number of nitrogens with two attached hydrogens (primary N) is 1. The van der Waals surface area contributed by atoms with Gasteiger partial charge in [-0.2, -0.15) is 5.10 Å². The normalized spacial score (nSPS) is 23.8. The fourth-order valence-electron chi connectivity index (χ4n) is 0.836. The van der Waals surface area contributed by atoms with Crippen LogP contribution < -0.4 is 11.3 Å². The summed E-state index contributed by atoms with van der Waals surface area (Å²) in [6.07, 6.45) is 1.53. The second-order valence-electron chi connectivity index (χ2n) is 2.40. The third kappa shape index (κ3) is 2.49. The van der Waals surface area contributed by atoms with Crippen molar-refractivity contribution in [3.63, 3.8) is 0 Å². The van der Waals surface area contributed by atoms with Crippen molar-refractivity contribution < 1.29 is 9.63 Å². The predicted molar refractivity (Wildman–Crippen MR) is 46.8 cm³/mol. The molecule has 72 valence electrons. The Labute approximate surface area is 75.2 Å². The molecule has 0 bridgehead atoms. The zero-order valence-electron chi connectivity index (χ0n) is 7.17. The number of carbonyl (C=O) groups is 1. The highest BCUT2D eigenvalue weighted by Crippen LogP contribution is 1.93. The largest absolute Gasteiger partial charge is 0.399 e. The molecule has 0 radical (unpaired) electrons. The van der Waals surface area contributed by atoms with Gasteiger partial charge in [-0.05, 0) is 0 Å². The van der Waals surface area contributed by atoms with Gasteiger partial charge in [0.15, 0.2) is 12.5 Å². The maximum atomic E-state index is 10.4. The van der Waals surface area contributed by atoms with Crippen LogP contribution in [-0.2, 0) is 9.63 Å². The van der Waals surface area contributed by atoms with Crippen LogP contribution in [0.1, 0.15) is 0 Å². The van der Waals surface area contributed by atoms with Gasteiger partial charge in [0.25, 0.3) is 0 Å². The molecule has 0 spiro atoms. The number of carbonyl (C=O) groups excluding carboxylic acids is 1. The summed E-state index contributed by atoms with van der Waals surface area (Å²) in [5.41, 5.74) is 3.15. The lowest BCUT2D eigenvalue weighted by Crippen LogP contribution is -2.55. The van der Waals surface area contributed by atoms with E-state index < -0.39 is 6.17 Å². The average molecular weight is 185 g/mol. The molecule has 7 nitrogen and oxygen atoms in total. The monoisotopic (exact) mass is 185 g/mol. The Morgan fingerprint density at radius 1 is 1.92 bits per heavy atom. The van der Waals surface area contributed by atoms with Crippen molar-refractivity contribution in [2.75, 3.05) is 13.7 Å². The van der Waals surface area contributed by atoms with Crippen molar-refractivity contribution in [3.8, 4) is 0 Å². The van der Waals surface area contributed by atoms with E-state index in [-0.39, 0.29) is 0 Å². The van der Waals surface area contributed by atoms with E-state index in [4.69, 9.17) is 5.84 Å². The van der Waals surface area contributed by atoms with Crippen LogP contribution in [0.3, 0.4) is 0 Å². The predicted octanol–water partition coefficient (Wildman–Crippen LogP) is -1.72. The lowest BCUT2D eigenvalue weighted by molar-refractivity contribution is -0.113. The summed E-state index contributed by atoms with van der Waals surface area (Å²) in [7, 11) is 1.43. The molecular formula is C6H11N5O2. The van der Waals surface area contributed by atoms with Gasteiger partial charge in [-0.3, -0.25) is 16.1 Å². The first-order chi connectivity index (χ1) is 6.27. The molecule has 0 aromatic carbocycles. The van der Waals surface area contributed by atoms with Gasteiger partial charge in [-0.25, -0.2) is 5.01 Å². The molecule has 0 fully saturated rings. The molecule has 1 aliphatic rings. The molecule has 3 N–H and O–H groups in total. The highest BCUT2D eigenvalue weighted by Gasteiger charge is 2.19. The first kappa shape index (κ1) is 9.62. The van der Waals surface area contributed by atoms with Crippen molar-refractivity contribution in [2.45, 2.75) is 6.17 Å². The SMILES string of the molecule is CON=CC1=NNC(C=O)N(N)C1. The third-order valence-electron chi connectivity index (χ3n) is 1.48. The van der Waals surface area contributed by atoms with E-state index in [2.05, 4.69) is 20.5 Å². The Balaban J connectivity index is 2.57. The number of oxime groups is 1. The zero-order valence-corrected chi connectivity index (χ0v) is 7.17. The minimum absolute atomic E-state index is 0.350. The summed E-state index contributed by atoms with van der Waals surface area (Å²) in [6.45, 7) is 0.350. The lowest BCUT2D eigenvalue weighted by Gasteiger charge is -2.26. The number of hydrogen-bond donors (Lipinski definition) is 2. The number of hydrazine groups is 1. The molecule has 1 aliphatic heterocycles. The molecule has 1 atom stereocenters. The van der Waals surface area contributed by atoms with Gasteiger partial charge in [-0.15, -0.1) is 0 Å². The zero-order chi connectivity index (χ0) is 9.68. The van der Waals surface area contributed by atoms with Crippen LogP contribution >= 0.6 is 0 Å². The van der Waals surface area contributed by atoms with Crippen LogP contribution in [0.4, 0.5) is 0 Å². The summed E-state index contributed by atoms with van der Waals surface area (Å²) in [5, 5.41) is 8.68. The number of rotatable bonds is 3. The molecule has 0 aromatic heterocycles. The van der Waals surface area contributed by atoms with E-state index in [1.54, 1.807) is 0 Å². The molecule has 0 aliphatic carbocycles. The number of hydrazone groups is 1. The lowest BCUT2D eigenvalue weighted by atomic mass is 10.3. The summed E-state index contributed by atoms with van der Waals surface area (Å²) < 4.78 is 0. The van der Waals surface area contributed by atoms with Gasteiger partial charge in [0.05, 0.1) is 18.5 Å². The van der Waals surface area contributed by atoms with Crippen LogP contribution in [0.5, 0.6) is 0 Å². The Morgan fingerprint density at radius 2 is 2.69 bits per heavy atom. The summed E-state index contributed by atoms with van der Waals surface area (Å²) >= 11 is 0. The number of nitrogens with one attached hydrogen (secondary N) is 1. The average Bonchev–Trinajstić information content (AvgIpc) is 2.15. The Hall–Kier alpha value is -1.47. The quantitative estimate of drug-likeness (QED) is 0.236. The minimum atomic E-state index is -0.570. The molecule has 0 aromatic rings. The molecular weight excluding hydrogens is 174 g/mol. The second kappa shape index (κ2) is 4.53. The van der Waals surface area contributed by atoms with Gasteiger partial charge in [0.1, 0.15) is 7.11 Å². The number of hydrogen-bond acceptors (Lipinski definition) is 7. The smallest absolute Gasteiger partial charge is 0.165 e. The molecule has 0 amide bonds. The van der Waals surface area contributed by atoms with Gasteiger partial charge in [0, 0.05) is 0 Å². The molecule has 7 heteroatoms. The van der Waals surface area contributed by atoms with E-state index >= 15 is 0 Å². The number of aldehydes is 1. The maximum Gasteiger partial charge on any atom is 0.165 e. The fourth-order valence-corrected chi connectivity index (χ4v) is 0.836. The van der Waals surface area contributed by atoms with Gasteiger partial charge < -0.3 is 4.84 Å². The molecule has 0 saturated carbocycles. The topological polar surface area (TPSA) is 92.3 Å². The van der Waals surface area contributed by atoms with Gasteiger partial charge >= 0.3 is 0 Å². The third-order valence-corrected chi connectivity index (χ3v) is 1.48. The standard InChI is InChI=1S/C6H11N5O2/c1-13-8-2-5-3-11(7)6(4-12)10-9-5/h2,4,6,10H,3,7H2,1H3. The van der Waals surface area contributed by atoms with Crippen LogP contribution in [0.25, 0.3) is 0 Å². The van der Waals surface area contributed by atoms with Crippen molar-refractivity contribution >= 4 is 18.2 Å². The van der Waals surface area contributed by atoms with E-state index in [0.29, 0.717) is 18.5 Å². The van der Waals surface area contributed by atoms with Crippen molar-refractivity contribution in [1.29, 1.82) is 0 Å².